The predicted octanol–water partition coefficient (Wildman–Crippen LogP) is 2.51. The second-order valence-corrected chi connectivity index (χ2v) is 4.85. The third kappa shape index (κ3) is 2.36. The van der Waals surface area contributed by atoms with Crippen molar-refractivity contribution in [3.63, 3.8) is 0 Å². The van der Waals surface area contributed by atoms with Crippen molar-refractivity contribution in [1.82, 2.24) is 9.97 Å². The summed E-state index contributed by atoms with van der Waals surface area (Å²) >= 11 is 0. The highest BCUT2D eigenvalue weighted by molar-refractivity contribution is 5.91. The molecule has 0 aliphatic heterocycles. The maximum Gasteiger partial charge on any atom is 0.354 e. The van der Waals surface area contributed by atoms with Gasteiger partial charge in [0, 0.05) is 11.6 Å². The Morgan fingerprint density at radius 3 is 2.89 bits per heavy atom. The van der Waals surface area contributed by atoms with Crippen molar-refractivity contribution >= 4 is 16.9 Å². The summed E-state index contributed by atoms with van der Waals surface area (Å²) in [4.78, 5) is 19.3. The second-order valence-electron chi connectivity index (χ2n) is 4.85. The first kappa shape index (κ1) is 11.9. The number of ether oxygens (including phenoxy) is 1. The van der Waals surface area contributed by atoms with E-state index in [2.05, 4.69) is 9.97 Å². The summed E-state index contributed by atoms with van der Waals surface area (Å²) in [7, 11) is 0. The number of aromatic carboxylic acids is 1. The molecule has 2 heterocycles. The largest absolute Gasteiger partial charge is 0.477 e. The third-order valence-corrected chi connectivity index (χ3v) is 3.38. The Bertz CT molecular complexity index is 638. The van der Waals surface area contributed by atoms with Gasteiger partial charge in [0.05, 0.1) is 0 Å². The van der Waals surface area contributed by atoms with Gasteiger partial charge in [-0.05, 0) is 37.8 Å². The quantitative estimate of drug-likeness (QED) is 0.912. The Morgan fingerprint density at radius 1 is 1.42 bits per heavy atom. The summed E-state index contributed by atoms with van der Waals surface area (Å²) in [6, 6.07) is 5.00. The first-order valence-corrected chi connectivity index (χ1v) is 6.31. The molecule has 1 atom stereocenters. The van der Waals surface area contributed by atoms with Crippen molar-refractivity contribution in [2.45, 2.75) is 25.9 Å². The zero-order valence-corrected chi connectivity index (χ0v) is 10.5. The summed E-state index contributed by atoms with van der Waals surface area (Å²) in [5.41, 5.74) is 0.513. The Hall–Kier alpha value is -2.17. The van der Waals surface area contributed by atoms with Crippen LogP contribution in [0, 0.1) is 5.92 Å². The Morgan fingerprint density at radius 2 is 2.21 bits per heavy atom. The number of hydrogen-bond donors (Lipinski definition) is 1. The highest BCUT2D eigenvalue weighted by Crippen LogP contribution is 2.35. The second kappa shape index (κ2) is 4.50. The van der Waals surface area contributed by atoms with Gasteiger partial charge in [0.2, 0.25) is 5.88 Å². The van der Waals surface area contributed by atoms with Gasteiger partial charge >= 0.3 is 5.97 Å². The van der Waals surface area contributed by atoms with Crippen LogP contribution in [-0.2, 0) is 0 Å². The lowest BCUT2D eigenvalue weighted by Crippen LogP contribution is -2.15. The molecule has 5 heteroatoms. The van der Waals surface area contributed by atoms with Crippen LogP contribution in [0.4, 0.5) is 0 Å². The molecule has 1 aliphatic rings. The molecule has 1 aliphatic carbocycles. The molecule has 5 nitrogen and oxygen atoms in total. The van der Waals surface area contributed by atoms with E-state index in [4.69, 9.17) is 9.84 Å². The van der Waals surface area contributed by atoms with Crippen LogP contribution in [0.25, 0.3) is 10.9 Å². The SMILES string of the molecule is CC(Oc1nccc2ccc(C(=O)O)nc12)C1CC1. The van der Waals surface area contributed by atoms with Crippen LogP contribution in [0.1, 0.15) is 30.3 Å². The molecule has 1 unspecified atom stereocenters. The molecule has 1 N–H and O–H groups in total. The van der Waals surface area contributed by atoms with Gasteiger partial charge < -0.3 is 9.84 Å². The van der Waals surface area contributed by atoms with Crippen LogP contribution in [-0.4, -0.2) is 27.1 Å². The van der Waals surface area contributed by atoms with Crippen molar-refractivity contribution in [1.29, 1.82) is 0 Å². The van der Waals surface area contributed by atoms with Gasteiger partial charge in [-0.25, -0.2) is 14.8 Å². The summed E-state index contributed by atoms with van der Waals surface area (Å²) < 4.78 is 5.82. The summed E-state index contributed by atoms with van der Waals surface area (Å²) in [6.07, 6.45) is 4.10. The van der Waals surface area contributed by atoms with Crippen LogP contribution >= 0.6 is 0 Å². The molecule has 19 heavy (non-hydrogen) atoms. The average molecular weight is 258 g/mol. The Labute approximate surface area is 110 Å². The van der Waals surface area contributed by atoms with Gasteiger partial charge in [-0.3, -0.25) is 0 Å². The lowest BCUT2D eigenvalue weighted by Gasteiger charge is -2.14. The van der Waals surface area contributed by atoms with Crippen molar-refractivity contribution in [2.24, 2.45) is 5.92 Å². The topological polar surface area (TPSA) is 72.3 Å². The minimum Gasteiger partial charge on any atom is -0.477 e. The lowest BCUT2D eigenvalue weighted by molar-refractivity contribution is 0.0691. The van der Waals surface area contributed by atoms with E-state index < -0.39 is 5.97 Å². The zero-order chi connectivity index (χ0) is 13.4. The fourth-order valence-electron chi connectivity index (χ4n) is 2.07. The van der Waals surface area contributed by atoms with Gasteiger partial charge in [-0.1, -0.05) is 6.07 Å². The normalized spacial score (nSPS) is 16.3. The van der Waals surface area contributed by atoms with Crippen LogP contribution in [0.15, 0.2) is 24.4 Å². The molecule has 1 fully saturated rings. The van der Waals surface area contributed by atoms with Crippen molar-refractivity contribution < 1.29 is 14.6 Å². The average Bonchev–Trinajstić information content (AvgIpc) is 3.22. The molecule has 0 spiro atoms. The van der Waals surface area contributed by atoms with Gasteiger partial charge in [0.1, 0.15) is 17.3 Å². The fraction of sp³-hybridized carbons (Fsp3) is 0.357. The van der Waals surface area contributed by atoms with E-state index >= 15 is 0 Å². The van der Waals surface area contributed by atoms with E-state index in [-0.39, 0.29) is 11.8 Å². The van der Waals surface area contributed by atoms with E-state index in [0.29, 0.717) is 17.3 Å². The van der Waals surface area contributed by atoms with Crippen LogP contribution in [0.3, 0.4) is 0 Å². The number of carbonyl (C=O) groups is 1. The number of hydrogen-bond acceptors (Lipinski definition) is 4. The number of pyridine rings is 2. The zero-order valence-electron chi connectivity index (χ0n) is 10.5. The molecule has 2 aromatic heterocycles. The summed E-state index contributed by atoms with van der Waals surface area (Å²) in [6.45, 7) is 2.01. The van der Waals surface area contributed by atoms with E-state index in [1.54, 1.807) is 18.3 Å². The molecule has 0 saturated heterocycles. The van der Waals surface area contributed by atoms with Crippen molar-refractivity contribution in [3.8, 4) is 5.88 Å². The first-order valence-electron chi connectivity index (χ1n) is 6.31. The molecule has 0 radical (unpaired) electrons. The van der Waals surface area contributed by atoms with Crippen LogP contribution < -0.4 is 4.74 Å². The molecule has 0 amide bonds. The van der Waals surface area contributed by atoms with E-state index in [0.717, 1.165) is 5.39 Å². The van der Waals surface area contributed by atoms with Gasteiger partial charge in [0.15, 0.2) is 0 Å². The molecule has 0 bridgehead atoms. The van der Waals surface area contributed by atoms with Crippen LogP contribution in [0.5, 0.6) is 5.88 Å². The number of carboxylic acid groups (broad SMARTS) is 1. The van der Waals surface area contributed by atoms with Crippen LogP contribution in [0.2, 0.25) is 0 Å². The molecular weight excluding hydrogens is 244 g/mol. The molecule has 98 valence electrons. The monoisotopic (exact) mass is 258 g/mol. The maximum absolute atomic E-state index is 11.0. The first-order chi connectivity index (χ1) is 9.15. The molecule has 1 saturated carbocycles. The van der Waals surface area contributed by atoms with Gasteiger partial charge in [-0.2, -0.15) is 0 Å². The molecule has 3 rings (SSSR count). The van der Waals surface area contributed by atoms with Gasteiger partial charge in [0.25, 0.3) is 0 Å². The summed E-state index contributed by atoms with van der Waals surface area (Å²) in [5.74, 6) is -0.0494. The smallest absolute Gasteiger partial charge is 0.354 e. The third-order valence-electron chi connectivity index (χ3n) is 3.38. The maximum atomic E-state index is 11.0. The molecular formula is C14H14N2O3. The number of fused-ring (bicyclic) bond motifs is 1. The van der Waals surface area contributed by atoms with Crippen molar-refractivity contribution in [2.75, 3.05) is 0 Å². The van der Waals surface area contributed by atoms with Gasteiger partial charge in [-0.15, -0.1) is 0 Å². The molecule has 0 aromatic carbocycles. The standard InChI is InChI=1S/C14H14N2O3/c1-8(9-2-3-9)19-13-12-10(6-7-15-13)4-5-11(16-12)14(17)18/h4-9H,2-3H2,1H3,(H,17,18). The fourth-order valence-corrected chi connectivity index (χ4v) is 2.07. The van der Waals surface area contributed by atoms with Crippen molar-refractivity contribution in [3.05, 3.63) is 30.1 Å². The minimum atomic E-state index is -1.05. The minimum absolute atomic E-state index is 0.00410. The highest BCUT2D eigenvalue weighted by Gasteiger charge is 2.30. The Balaban J connectivity index is 2.01. The lowest BCUT2D eigenvalue weighted by atomic mass is 10.2. The summed E-state index contributed by atoms with van der Waals surface area (Å²) in [5, 5.41) is 9.82. The number of rotatable bonds is 4. The number of nitrogens with zero attached hydrogens (tertiary/aromatic N) is 2. The van der Waals surface area contributed by atoms with E-state index in [1.807, 2.05) is 6.92 Å². The van der Waals surface area contributed by atoms with E-state index in [9.17, 15) is 4.79 Å². The number of carboxylic acids is 1. The number of aromatic nitrogens is 2. The Kier molecular flexibility index (Phi) is 2.81. The highest BCUT2D eigenvalue weighted by atomic mass is 16.5. The predicted molar refractivity (Wildman–Crippen MR) is 69.3 cm³/mol. The molecule has 2 aromatic rings. The van der Waals surface area contributed by atoms with E-state index in [1.165, 1.54) is 18.9 Å².